The summed E-state index contributed by atoms with van der Waals surface area (Å²) in [6, 6.07) is 0.608. The van der Waals surface area contributed by atoms with E-state index in [1.54, 1.807) is 0 Å². The molecule has 0 unspecified atom stereocenters. The lowest BCUT2D eigenvalue weighted by Crippen LogP contribution is -2.15. The van der Waals surface area contributed by atoms with Crippen LogP contribution in [-0.2, 0) is 12.1 Å². The normalized spacial score (nSPS) is 12.2. The van der Waals surface area contributed by atoms with Crippen LogP contribution in [0.3, 0.4) is 0 Å². The molecule has 0 atom stereocenters. The van der Waals surface area contributed by atoms with E-state index < -0.39 is 29.5 Å². The van der Waals surface area contributed by atoms with Crippen molar-refractivity contribution in [3.63, 3.8) is 0 Å². The Bertz CT molecular complexity index is 391. The highest BCUT2D eigenvalue weighted by atomic mass is 35.5. The van der Waals surface area contributed by atoms with Crippen LogP contribution in [0.15, 0.2) is 6.07 Å². The number of alkyl halides is 6. The summed E-state index contributed by atoms with van der Waals surface area (Å²) in [4.78, 5) is 3.29. The highest BCUT2D eigenvalue weighted by molar-refractivity contribution is 6.16. The molecule has 2 nitrogen and oxygen atoms in total. The van der Waals surface area contributed by atoms with Gasteiger partial charge in [0.2, 0.25) is 0 Å². The smallest absolute Gasteiger partial charge is 0.383 e. The van der Waals surface area contributed by atoms with Crippen LogP contribution in [0, 0.1) is 0 Å². The third-order valence-electron chi connectivity index (χ3n) is 1.79. The van der Waals surface area contributed by atoms with Gasteiger partial charge in [-0.3, -0.25) is 0 Å². The molecule has 16 heavy (non-hydrogen) atoms. The number of rotatable bonds is 2. The SMILES string of the molecule is Nc1nc(CCl)cc(C(F)F)c1C(F)(F)F. The van der Waals surface area contributed by atoms with Crippen molar-refractivity contribution >= 4 is 17.4 Å². The maximum Gasteiger partial charge on any atom is 0.420 e. The minimum absolute atomic E-state index is 0.123. The van der Waals surface area contributed by atoms with Gasteiger partial charge in [0.15, 0.2) is 0 Å². The summed E-state index contributed by atoms with van der Waals surface area (Å²) in [5.41, 5.74) is 2.08. The van der Waals surface area contributed by atoms with E-state index in [1.807, 2.05) is 0 Å². The monoisotopic (exact) mass is 260 g/mol. The van der Waals surface area contributed by atoms with E-state index in [0.29, 0.717) is 6.07 Å². The van der Waals surface area contributed by atoms with Gasteiger partial charge in [0.05, 0.1) is 11.6 Å². The van der Waals surface area contributed by atoms with Crippen LogP contribution in [0.4, 0.5) is 27.8 Å². The minimum Gasteiger partial charge on any atom is -0.383 e. The second kappa shape index (κ2) is 4.40. The Morgan fingerprint density at radius 2 is 1.94 bits per heavy atom. The number of nitrogens with zero attached hydrogens (tertiary/aromatic N) is 1. The molecular weight excluding hydrogens is 255 g/mol. The number of pyridine rings is 1. The van der Waals surface area contributed by atoms with Gasteiger partial charge >= 0.3 is 6.18 Å². The van der Waals surface area contributed by atoms with Crippen molar-refractivity contribution in [2.75, 3.05) is 5.73 Å². The lowest BCUT2D eigenvalue weighted by molar-refractivity contribution is -0.139. The predicted molar refractivity (Wildman–Crippen MR) is 48.2 cm³/mol. The maximum absolute atomic E-state index is 12.4. The summed E-state index contributed by atoms with van der Waals surface area (Å²) in [6.07, 6.45) is -8.25. The molecule has 0 saturated heterocycles. The zero-order chi connectivity index (χ0) is 12.5. The maximum atomic E-state index is 12.4. The number of nitrogen functional groups attached to an aromatic ring is 1. The van der Waals surface area contributed by atoms with E-state index in [0.717, 1.165) is 0 Å². The Morgan fingerprint density at radius 3 is 2.31 bits per heavy atom. The van der Waals surface area contributed by atoms with E-state index >= 15 is 0 Å². The first-order valence-electron chi connectivity index (χ1n) is 3.98. The lowest BCUT2D eigenvalue weighted by Gasteiger charge is -2.15. The molecule has 0 aliphatic heterocycles. The molecule has 1 heterocycles. The third kappa shape index (κ3) is 2.52. The van der Waals surface area contributed by atoms with Crippen LogP contribution < -0.4 is 5.73 Å². The van der Waals surface area contributed by atoms with E-state index in [4.69, 9.17) is 17.3 Å². The van der Waals surface area contributed by atoms with Crippen molar-refractivity contribution in [2.24, 2.45) is 0 Å². The Kier molecular flexibility index (Phi) is 3.57. The molecule has 0 aliphatic carbocycles. The van der Waals surface area contributed by atoms with Gasteiger partial charge in [0.25, 0.3) is 6.43 Å². The average Bonchev–Trinajstić information content (AvgIpc) is 2.14. The molecule has 0 fully saturated rings. The van der Waals surface area contributed by atoms with Crippen LogP contribution in [0.1, 0.15) is 23.2 Å². The summed E-state index contributed by atoms with van der Waals surface area (Å²) in [5.74, 6) is -1.27. The fourth-order valence-corrected chi connectivity index (χ4v) is 1.33. The van der Waals surface area contributed by atoms with E-state index in [9.17, 15) is 22.0 Å². The first-order valence-corrected chi connectivity index (χ1v) is 4.51. The fraction of sp³-hybridized carbons (Fsp3) is 0.375. The highest BCUT2D eigenvalue weighted by Gasteiger charge is 2.39. The molecule has 0 amide bonds. The van der Waals surface area contributed by atoms with Crippen LogP contribution in [0.2, 0.25) is 0 Å². The molecule has 1 aromatic heterocycles. The largest absolute Gasteiger partial charge is 0.420 e. The number of halogens is 6. The number of nitrogens with two attached hydrogens (primary N) is 1. The van der Waals surface area contributed by atoms with Gasteiger partial charge in [-0.2, -0.15) is 13.2 Å². The van der Waals surface area contributed by atoms with Gasteiger partial charge in [-0.25, -0.2) is 13.8 Å². The summed E-state index contributed by atoms with van der Waals surface area (Å²) in [7, 11) is 0. The second-order valence-electron chi connectivity index (χ2n) is 2.90. The Balaban J connectivity index is 3.46. The molecule has 1 aromatic rings. The molecule has 0 saturated carbocycles. The van der Waals surface area contributed by atoms with Gasteiger partial charge in [0.1, 0.15) is 11.4 Å². The molecule has 0 aromatic carbocycles. The molecule has 0 bridgehead atoms. The summed E-state index contributed by atoms with van der Waals surface area (Å²) in [6.45, 7) is 0. The van der Waals surface area contributed by atoms with Crippen molar-refractivity contribution < 1.29 is 22.0 Å². The van der Waals surface area contributed by atoms with Gasteiger partial charge in [-0.1, -0.05) is 0 Å². The van der Waals surface area contributed by atoms with Gasteiger partial charge in [-0.15, -0.1) is 11.6 Å². The first kappa shape index (κ1) is 13.0. The Labute approximate surface area is 92.2 Å². The van der Waals surface area contributed by atoms with Gasteiger partial charge < -0.3 is 5.73 Å². The van der Waals surface area contributed by atoms with E-state index in [1.165, 1.54) is 0 Å². The molecule has 0 radical (unpaired) electrons. The van der Waals surface area contributed by atoms with Crippen molar-refractivity contribution in [2.45, 2.75) is 18.5 Å². The zero-order valence-electron chi connectivity index (χ0n) is 7.65. The van der Waals surface area contributed by atoms with Crippen molar-refractivity contribution in [1.29, 1.82) is 0 Å². The molecule has 0 aliphatic rings. The topological polar surface area (TPSA) is 38.9 Å². The summed E-state index contributed by atoms with van der Waals surface area (Å²) in [5, 5.41) is 0. The number of aromatic nitrogens is 1. The standard InChI is InChI=1S/C8H6ClF5N2/c9-2-3-1-4(6(10)11)5(7(15)16-3)8(12,13)14/h1,6H,2H2,(H2,15,16). The van der Waals surface area contributed by atoms with E-state index in [-0.39, 0.29) is 11.6 Å². The highest BCUT2D eigenvalue weighted by Crippen LogP contribution is 2.39. The fourth-order valence-electron chi connectivity index (χ4n) is 1.19. The lowest BCUT2D eigenvalue weighted by atomic mass is 10.1. The number of anilines is 1. The molecule has 90 valence electrons. The predicted octanol–water partition coefficient (Wildman–Crippen LogP) is 3.36. The summed E-state index contributed by atoms with van der Waals surface area (Å²) < 4.78 is 62.1. The average molecular weight is 261 g/mol. The molecule has 0 spiro atoms. The Morgan fingerprint density at radius 1 is 1.38 bits per heavy atom. The minimum atomic E-state index is -4.96. The molecule has 2 N–H and O–H groups in total. The third-order valence-corrected chi connectivity index (χ3v) is 2.06. The van der Waals surface area contributed by atoms with Crippen LogP contribution in [0.25, 0.3) is 0 Å². The van der Waals surface area contributed by atoms with E-state index in [2.05, 4.69) is 4.98 Å². The molecule has 8 heteroatoms. The first-order chi connectivity index (χ1) is 7.27. The molecular formula is C8H6ClF5N2. The zero-order valence-corrected chi connectivity index (χ0v) is 8.41. The quantitative estimate of drug-likeness (QED) is 0.654. The summed E-state index contributed by atoms with van der Waals surface area (Å²) >= 11 is 5.30. The van der Waals surface area contributed by atoms with Crippen LogP contribution in [-0.4, -0.2) is 4.98 Å². The number of hydrogen-bond donors (Lipinski definition) is 1. The molecule has 1 rings (SSSR count). The van der Waals surface area contributed by atoms with Crippen molar-refractivity contribution in [1.82, 2.24) is 4.98 Å². The van der Waals surface area contributed by atoms with Crippen molar-refractivity contribution in [3.05, 3.63) is 22.9 Å². The number of hydrogen-bond acceptors (Lipinski definition) is 2. The van der Waals surface area contributed by atoms with Gasteiger partial charge in [0, 0.05) is 5.56 Å². The van der Waals surface area contributed by atoms with Crippen LogP contribution >= 0.6 is 11.6 Å². The Hall–Kier alpha value is -1.11. The van der Waals surface area contributed by atoms with Crippen LogP contribution in [0.5, 0.6) is 0 Å². The van der Waals surface area contributed by atoms with Crippen molar-refractivity contribution in [3.8, 4) is 0 Å². The van der Waals surface area contributed by atoms with Gasteiger partial charge in [-0.05, 0) is 6.07 Å². The second-order valence-corrected chi connectivity index (χ2v) is 3.16.